The number of nitrogens with zero attached hydrogens (tertiary/aromatic N) is 1. The third-order valence-corrected chi connectivity index (χ3v) is 4.68. The first-order valence-electron chi connectivity index (χ1n) is 8.82. The van der Waals surface area contributed by atoms with Crippen molar-refractivity contribution in [3.63, 3.8) is 0 Å². The molecule has 0 atom stereocenters. The van der Waals surface area contributed by atoms with Crippen LogP contribution in [-0.2, 0) is 13.0 Å². The SMILES string of the molecule is NC(CO)(CO)CCc1ccc(-c2coc(-c3ccc(CO)cc3)n2)cc1. The molecule has 5 N–H and O–H groups in total. The van der Waals surface area contributed by atoms with E-state index in [2.05, 4.69) is 4.98 Å². The Morgan fingerprint density at radius 3 is 2.04 bits per heavy atom. The van der Waals surface area contributed by atoms with Crippen LogP contribution in [0.15, 0.2) is 59.2 Å². The fourth-order valence-electron chi connectivity index (χ4n) is 2.74. The van der Waals surface area contributed by atoms with Gasteiger partial charge in [0.1, 0.15) is 12.0 Å². The van der Waals surface area contributed by atoms with E-state index in [1.165, 1.54) is 0 Å². The summed E-state index contributed by atoms with van der Waals surface area (Å²) in [4.78, 5) is 4.53. The molecule has 0 spiro atoms. The molecule has 0 aliphatic carbocycles. The molecule has 0 amide bonds. The number of hydrogen-bond donors (Lipinski definition) is 4. The Bertz CT molecular complexity index is 853. The fraction of sp³-hybridized carbons (Fsp3) is 0.286. The van der Waals surface area contributed by atoms with Crippen LogP contribution in [0.2, 0.25) is 0 Å². The molecule has 0 unspecified atom stereocenters. The van der Waals surface area contributed by atoms with Crippen molar-refractivity contribution in [1.82, 2.24) is 4.98 Å². The summed E-state index contributed by atoms with van der Waals surface area (Å²) in [5, 5.41) is 27.6. The zero-order valence-corrected chi connectivity index (χ0v) is 15.0. The lowest BCUT2D eigenvalue weighted by molar-refractivity contribution is 0.115. The number of aliphatic hydroxyl groups excluding tert-OH is 3. The van der Waals surface area contributed by atoms with Crippen molar-refractivity contribution in [3.05, 3.63) is 65.9 Å². The minimum Gasteiger partial charge on any atom is -0.444 e. The van der Waals surface area contributed by atoms with Gasteiger partial charge in [-0.2, -0.15) is 0 Å². The average molecular weight is 368 g/mol. The van der Waals surface area contributed by atoms with Gasteiger partial charge in [0.05, 0.1) is 25.4 Å². The summed E-state index contributed by atoms with van der Waals surface area (Å²) in [6, 6.07) is 15.3. The van der Waals surface area contributed by atoms with E-state index in [1.54, 1.807) is 6.26 Å². The molecule has 2 aromatic carbocycles. The third kappa shape index (κ3) is 4.61. The lowest BCUT2D eigenvalue weighted by Gasteiger charge is -2.24. The predicted octanol–water partition coefficient (Wildman–Crippen LogP) is 2.12. The molecule has 0 aliphatic heterocycles. The molecule has 0 bridgehead atoms. The van der Waals surface area contributed by atoms with Gasteiger partial charge in [0.15, 0.2) is 0 Å². The van der Waals surface area contributed by atoms with Crippen molar-refractivity contribution in [1.29, 1.82) is 0 Å². The van der Waals surface area contributed by atoms with Gasteiger partial charge < -0.3 is 25.5 Å². The van der Waals surface area contributed by atoms with Gasteiger partial charge in [0.25, 0.3) is 0 Å². The Balaban J connectivity index is 1.69. The Hall–Kier alpha value is -2.51. The second kappa shape index (κ2) is 8.45. The molecule has 0 fully saturated rings. The Morgan fingerprint density at radius 1 is 0.852 bits per heavy atom. The van der Waals surface area contributed by atoms with E-state index >= 15 is 0 Å². The van der Waals surface area contributed by atoms with E-state index < -0.39 is 5.54 Å². The van der Waals surface area contributed by atoms with Gasteiger partial charge in [-0.05, 0) is 36.1 Å². The largest absolute Gasteiger partial charge is 0.444 e. The molecule has 3 rings (SSSR count). The molecule has 0 aliphatic rings. The van der Waals surface area contributed by atoms with Crippen molar-refractivity contribution in [2.75, 3.05) is 13.2 Å². The number of aromatic nitrogens is 1. The van der Waals surface area contributed by atoms with Crippen LogP contribution in [0, 0.1) is 0 Å². The third-order valence-electron chi connectivity index (χ3n) is 4.68. The zero-order chi connectivity index (χ0) is 19.3. The fourth-order valence-corrected chi connectivity index (χ4v) is 2.74. The molecule has 0 saturated carbocycles. The van der Waals surface area contributed by atoms with Crippen LogP contribution >= 0.6 is 0 Å². The maximum atomic E-state index is 9.27. The van der Waals surface area contributed by atoms with E-state index in [9.17, 15) is 10.2 Å². The van der Waals surface area contributed by atoms with Crippen molar-refractivity contribution in [2.45, 2.75) is 25.0 Å². The van der Waals surface area contributed by atoms with Gasteiger partial charge in [-0.25, -0.2) is 4.98 Å². The lowest BCUT2D eigenvalue weighted by Crippen LogP contribution is -2.47. The summed E-state index contributed by atoms with van der Waals surface area (Å²) in [5.74, 6) is 0.525. The first kappa shape index (κ1) is 19.3. The molecule has 0 saturated heterocycles. The van der Waals surface area contributed by atoms with E-state index in [0.29, 0.717) is 18.7 Å². The summed E-state index contributed by atoms with van der Waals surface area (Å²) in [6.07, 6.45) is 2.78. The second-order valence-electron chi connectivity index (χ2n) is 6.77. The minimum absolute atomic E-state index is 0.00530. The van der Waals surface area contributed by atoms with Crippen LogP contribution in [0.25, 0.3) is 22.7 Å². The number of benzene rings is 2. The summed E-state index contributed by atoms with van der Waals surface area (Å²) in [6.45, 7) is -0.490. The van der Waals surface area contributed by atoms with Crippen LogP contribution in [0.3, 0.4) is 0 Å². The second-order valence-corrected chi connectivity index (χ2v) is 6.77. The molecular formula is C21H24N2O4. The molecule has 3 aromatic rings. The van der Waals surface area contributed by atoms with Crippen LogP contribution in [-0.4, -0.2) is 39.1 Å². The molecule has 1 aromatic heterocycles. The average Bonchev–Trinajstić information content (AvgIpc) is 3.22. The van der Waals surface area contributed by atoms with Crippen molar-refractivity contribution in [3.8, 4) is 22.7 Å². The van der Waals surface area contributed by atoms with Gasteiger partial charge in [-0.15, -0.1) is 0 Å². The normalized spacial score (nSPS) is 11.7. The smallest absolute Gasteiger partial charge is 0.226 e. The monoisotopic (exact) mass is 368 g/mol. The van der Waals surface area contributed by atoms with Crippen LogP contribution in [0.5, 0.6) is 0 Å². The maximum absolute atomic E-state index is 9.27. The quantitative estimate of drug-likeness (QED) is 0.484. The molecule has 27 heavy (non-hydrogen) atoms. The Labute approximate surface area is 157 Å². The van der Waals surface area contributed by atoms with E-state index in [-0.39, 0.29) is 19.8 Å². The lowest BCUT2D eigenvalue weighted by atomic mass is 9.93. The minimum atomic E-state index is -0.953. The molecular weight excluding hydrogens is 344 g/mol. The maximum Gasteiger partial charge on any atom is 0.226 e. The van der Waals surface area contributed by atoms with Crippen molar-refractivity contribution in [2.24, 2.45) is 5.73 Å². The van der Waals surface area contributed by atoms with Crippen LogP contribution in [0.1, 0.15) is 17.5 Å². The van der Waals surface area contributed by atoms with Gasteiger partial charge in [0, 0.05) is 11.1 Å². The van der Waals surface area contributed by atoms with Crippen LogP contribution in [0.4, 0.5) is 0 Å². The first-order valence-corrected chi connectivity index (χ1v) is 8.82. The number of rotatable bonds is 8. The van der Waals surface area contributed by atoms with Crippen LogP contribution < -0.4 is 5.73 Å². The van der Waals surface area contributed by atoms with Gasteiger partial charge in [-0.3, -0.25) is 0 Å². The van der Waals surface area contributed by atoms with E-state index in [0.717, 1.165) is 27.9 Å². The first-order chi connectivity index (χ1) is 13.1. The van der Waals surface area contributed by atoms with E-state index in [4.69, 9.17) is 15.3 Å². The number of hydrogen-bond acceptors (Lipinski definition) is 6. The summed E-state index contributed by atoms with van der Waals surface area (Å²) >= 11 is 0. The number of oxazole rings is 1. The number of aliphatic hydroxyl groups is 3. The Kier molecular flexibility index (Phi) is 6.03. The molecule has 6 nitrogen and oxygen atoms in total. The Morgan fingerprint density at radius 2 is 1.44 bits per heavy atom. The highest BCUT2D eigenvalue weighted by atomic mass is 16.3. The summed E-state index contributed by atoms with van der Waals surface area (Å²) in [5.41, 5.74) is 9.38. The molecule has 0 radical (unpaired) electrons. The highest BCUT2D eigenvalue weighted by molar-refractivity contribution is 5.63. The standard InChI is InChI=1S/C21H24N2O4/c22-21(13-25,14-26)10-9-15-1-5-17(6-2-15)19-12-27-20(23-19)18-7-3-16(11-24)4-8-18/h1-8,12,24-26H,9-11,13-14,22H2. The summed E-state index contributed by atoms with van der Waals surface area (Å²) in [7, 11) is 0. The van der Waals surface area contributed by atoms with Crippen molar-refractivity contribution < 1.29 is 19.7 Å². The topological polar surface area (TPSA) is 113 Å². The van der Waals surface area contributed by atoms with Gasteiger partial charge in [0.2, 0.25) is 5.89 Å². The number of aryl methyl sites for hydroxylation is 1. The van der Waals surface area contributed by atoms with Crippen molar-refractivity contribution >= 4 is 0 Å². The number of nitrogens with two attached hydrogens (primary N) is 1. The van der Waals surface area contributed by atoms with E-state index in [1.807, 2.05) is 48.5 Å². The predicted molar refractivity (Wildman–Crippen MR) is 103 cm³/mol. The highest BCUT2D eigenvalue weighted by Gasteiger charge is 2.22. The zero-order valence-electron chi connectivity index (χ0n) is 15.0. The van der Waals surface area contributed by atoms with Gasteiger partial charge in [-0.1, -0.05) is 36.4 Å². The summed E-state index contributed by atoms with van der Waals surface area (Å²) < 4.78 is 5.58. The molecule has 142 valence electrons. The highest BCUT2D eigenvalue weighted by Crippen LogP contribution is 2.25. The molecule has 6 heteroatoms. The van der Waals surface area contributed by atoms with Gasteiger partial charge >= 0.3 is 0 Å². The molecule has 1 heterocycles.